The predicted octanol–water partition coefficient (Wildman–Crippen LogP) is 4.51. The van der Waals surface area contributed by atoms with Crippen molar-refractivity contribution in [1.82, 2.24) is 25.0 Å². The second kappa shape index (κ2) is 17.4. The molecule has 318 valence electrons. The van der Waals surface area contributed by atoms with E-state index in [0.29, 0.717) is 39.5 Å². The number of carbonyl (C=O) groups is 5. The summed E-state index contributed by atoms with van der Waals surface area (Å²) in [7, 11) is 0. The number of amides is 5. The second-order valence-electron chi connectivity index (χ2n) is 17.4. The molecule has 15 nitrogen and oxygen atoms in total. The number of aromatic nitrogens is 1. The van der Waals surface area contributed by atoms with Crippen LogP contribution in [0.5, 0.6) is 0 Å². The number of anilines is 4. The summed E-state index contributed by atoms with van der Waals surface area (Å²) in [4.78, 5) is 84.6. The molecule has 1 atom stereocenters. The number of piperidine rings is 3. The number of fused-ring (bicyclic) bond motifs is 1. The van der Waals surface area contributed by atoms with Gasteiger partial charge in [0.2, 0.25) is 23.4 Å². The molecule has 7 heterocycles. The number of hydrogen-bond donors (Lipinski definition) is 2. The van der Waals surface area contributed by atoms with Crippen molar-refractivity contribution >= 4 is 69.7 Å². The van der Waals surface area contributed by atoms with Gasteiger partial charge in [0.25, 0.3) is 11.8 Å². The molecule has 0 aliphatic carbocycles. The first-order valence-electron chi connectivity index (χ1n) is 21.6. The number of carbonyl (C=O) groups excluding carboxylic acids is 5. The number of nitrogens with one attached hydrogen (secondary N) is 2. The lowest BCUT2D eigenvalue weighted by Crippen LogP contribution is -2.55. The molecule has 9 rings (SSSR count). The van der Waals surface area contributed by atoms with Crippen LogP contribution in [0.25, 0.3) is 4.85 Å². The van der Waals surface area contributed by atoms with E-state index in [2.05, 4.69) is 51.0 Å². The van der Waals surface area contributed by atoms with Crippen molar-refractivity contribution in [1.29, 1.82) is 0 Å². The standard InChI is InChI=1S/C45H51ClN10O5/c1-47-38-6-3-33(23-37(38)46)53-16-12-31(13-17-53)42(58)49-40-8-4-34(24-48-40)54-14-10-29(11-15-54)25-51-18-20-52(21-19-51)26-30-27-55(28-30)32-2-5-35-36(22-32)45(61)56(44(35)60)39-7-9-41(57)50-43(39)59/h2-6,8,22-24,29-31,39H,7,9-21,25-28H2,(H,48,49,58)(H,50,57,59). The van der Waals surface area contributed by atoms with Gasteiger partial charge < -0.3 is 29.8 Å². The molecule has 2 aromatic carbocycles. The van der Waals surface area contributed by atoms with E-state index in [1.165, 1.54) is 0 Å². The van der Waals surface area contributed by atoms with Gasteiger partial charge in [-0.05, 0) is 80.5 Å². The Hall–Kier alpha value is -5.56. The van der Waals surface area contributed by atoms with E-state index in [1.807, 2.05) is 30.5 Å². The van der Waals surface area contributed by atoms with Gasteiger partial charge in [0, 0.05) is 113 Å². The molecule has 6 aliphatic rings. The molecule has 0 radical (unpaired) electrons. The molecule has 6 aliphatic heterocycles. The first-order valence-corrected chi connectivity index (χ1v) is 22.0. The first-order chi connectivity index (χ1) is 29.6. The number of benzene rings is 2. The Morgan fingerprint density at radius 3 is 2.02 bits per heavy atom. The minimum absolute atomic E-state index is 0.00682. The normalized spacial score (nSPS) is 22.3. The average Bonchev–Trinajstić information content (AvgIpc) is 3.50. The molecule has 0 saturated carbocycles. The third-order valence-corrected chi connectivity index (χ3v) is 13.8. The number of nitrogens with zero attached hydrogens (tertiary/aromatic N) is 8. The van der Waals surface area contributed by atoms with Crippen LogP contribution in [0.15, 0.2) is 54.7 Å². The summed E-state index contributed by atoms with van der Waals surface area (Å²) in [6, 6.07) is 13.9. The average molecular weight is 847 g/mol. The number of hydrogen-bond acceptors (Lipinski definition) is 11. The highest BCUT2D eigenvalue weighted by molar-refractivity contribution is 6.33. The van der Waals surface area contributed by atoms with Gasteiger partial charge in [-0.15, -0.1) is 0 Å². The molecule has 0 spiro atoms. The Bertz CT molecular complexity index is 2240. The smallest absolute Gasteiger partial charge is 0.262 e. The van der Waals surface area contributed by atoms with E-state index < -0.39 is 23.8 Å². The fourth-order valence-electron chi connectivity index (χ4n) is 9.87. The molecule has 16 heteroatoms. The second-order valence-corrected chi connectivity index (χ2v) is 17.8. The van der Waals surface area contributed by atoms with Gasteiger partial charge in [0.05, 0.1) is 29.6 Å². The highest BCUT2D eigenvalue weighted by atomic mass is 35.5. The van der Waals surface area contributed by atoms with Gasteiger partial charge in [-0.25, -0.2) is 9.83 Å². The van der Waals surface area contributed by atoms with E-state index >= 15 is 0 Å². The van der Waals surface area contributed by atoms with Crippen molar-refractivity contribution in [3.05, 3.63) is 82.3 Å². The summed E-state index contributed by atoms with van der Waals surface area (Å²) in [6.45, 7) is 18.9. The molecule has 5 saturated heterocycles. The van der Waals surface area contributed by atoms with Crippen LogP contribution >= 0.6 is 11.6 Å². The van der Waals surface area contributed by atoms with Gasteiger partial charge in [0.15, 0.2) is 0 Å². The fraction of sp³-hybridized carbons (Fsp3) is 0.489. The number of imide groups is 2. The van der Waals surface area contributed by atoms with Gasteiger partial charge in [0.1, 0.15) is 11.9 Å². The van der Waals surface area contributed by atoms with Crippen LogP contribution in [0.4, 0.5) is 28.6 Å². The van der Waals surface area contributed by atoms with E-state index in [1.54, 1.807) is 18.2 Å². The van der Waals surface area contributed by atoms with Crippen LogP contribution in [-0.4, -0.2) is 134 Å². The number of pyridine rings is 1. The Morgan fingerprint density at radius 1 is 0.738 bits per heavy atom. The Balaban J connectivity index is 0.661. The molecule has 3 aromatic rings. The zero-order valence-electron chi connectivity index (χ0n) is 34.2. The van der Waals surface area contributed by atoms with E-state index in [4.69, 9.17) is 18.2 Å². The van der Waals surface area contributed by atoms with E-state index in [-0.39, 0.29) is 30.6 Å². The Labute approximate surface area is 360 Å². The van der Waals surface area contributed by atoms with Crippen molar-refractivity contribution in [2.24, 2.45) is 17.8 Å². The van der Waals surface area contributed by atoms with Crippen LogP contribution in [-0.2, 0) is 14.4 Å². The van der Waals surface area contributed by atoms with E-state index in [0.717, 1.165) is 126 Å². The van der Waals surface area contributed by atoms with Gasteiger partial charge in [-0.1, -0.05) is 17.7 Å². The highest BCUT2D eigenvalue weighted by Gasteiger charge is 2.45. The van der Waals surface area contributed by atoms with Crippen LogP contribution in [0.3, 0.4) is 0 Å². The third kappa shape index (κ3) is 8.67. The maximum atomic E-state index is 13.3. The molecular formula is C45H51ClN10O5. The van der Waals surface area contributed by atoms with Crippen molar-refractivity contribution in [3.8, 4) is 0 Å². The number of halogens is 1. The topological polar surface area (TPSA) is 146 Å². The van der Waals surface area contributed by atoms with Crippen LogP contribution in [0.1, 0.15) is 59.2 Å². The van der Waals surface area contributed by atoms with Crippen molar-refractivity contribution in [3.63, 3.8) is 0 Å². The zero-order chi connectivity index (χ0) is 42.2. The summed E-state index contributed by atoms with van der Waals surface area (Å²) in [5.74, 6) is -0.217. The lowest BCUT2D eigenvalue weighted by atomic mass is 9.95. The lowest BCUT2D eigenvalue weighted by molar-refractivity contribution is -0.136. The first kappa shape index (κ1) is 40.8. The SMILES string of the molecule is [C-]#[N+]c1ccc(N2CCC(C(=O)Nc3ccc(N4CCC(CN5CCN(CC6CN(c7ccc8c(c7)C(=O)N(C7CCC(=O)NC7=O)C8=O)C6)CC5)CC4)cn3)CC2)cc1Cl. The lowest BCUT2D eigenvalue weighted by Gasteiger charge is -2.45. The Kier molecular flexibility index (Phi) is 11.7. The van der Waals surface area contributed by atoms with Gasteiger partial charge in [-0.3, -0.25) is 34.2 Å². The summed E-state index contributed by atoms with van der Waals surface area (Å²) < 4.78 is 0. The number of piperazine rings is 1. The largest absolute Gasteiger partial charge is 0.372 e. The molecule has 61 heavy (non-hydrogen) atoms. The molecular weight excluding hydrogens is 796 g/mol. The molecule has 2 N–H and O–H groups in total. The monoisotopic (exact) mass is 846 g/mol. The summed E-state index contributed by atoms with van der Waals surface area (Å²) in [6.07, 6.45) is 5.89. The minimum Gasteiger partial charge on any atom is -0.372 e. The quantitative estimate of drug-likeness (QED) is 0.220. The molecule has 1 aromatic heterocycles. The summed E-state index contributed by atoms with van der Waals surface area (Å²) in [5, 5.41) is 5.74. The minimum atomic E-state index is -0.959. The van der Waals surface area contributed by atoms with Crippen molar-refractivity contribution in [2.45, 2.75) is 44.6 Å². The van der Waals surface area contributed by atoms with Crippen LogP contribution in [0.2, 0.25) is 5.02 Å². The van der Waals surface area contributed by atoms with Crippen molar-refractivity contribution in [2.75, 3.05) is 98.6 Å². The third-order valence-electron chi connectivity index (χ3n) is 13.5. The van der Waals surface area contributed by atoms with Crippen molar-refractivity contribution < 1.29 is 24.0 Å². The van der Waals surface area contributed by atoms with Gasteiger partial charge >= 0.3 is 0 Å². The summed E-state index contributed by atoms with van der Waals surface area (Å²) in [5.41, 5.74) is 4.06. The Morgan fingerprint density at radius 2 is 1.36 bits per heavy atom. The highest BCUT2D eigenvalue weighted by Crippen LogP contribution is 2.35. The number of rotatable bonds is 10. The predicted molar refractivity (Wildman–Crippen MR) is 232 cm³/mol. The van der Waals surface area contributed by atoms with Crippen LogP contribution < -0.4 is 25.3 Å². The molecule has 1 unspecified atom stereocenters. The molecule has 0 bridgehead atoms. The van der Waals surface area contributed by atoms with Crippen LogP contribution in [0, 0.1) is 24.3 Å². The molecule has 5 fully saturated rings. The maximum Gasteiger partial charge on any atom is 0.262 e. The molecule has 5 amide bonds. The summed E-state index contributed by atoms with van der Waals surface area (Å²) >= 11 is 6.25. The maximum absolute atomic E-state index is 13.3. The fourth-order valence-corrected chi connectivity index (χ4v) is 10.1. The van der Waals surface area contributed by atoms with Gasteiger partial charge in [-0.2, -0.15) is 0 Å². The zero-order valence-corrected chi connectivity index (χ0v) is 35.0. The van der Waals surface area contributed by atoms with E-state index in [9.17, 15) is 24.0 Å².